The smallest absolute Gasteiger partial charge is 0.228 e. The highest BCUT2D eigenvalue weighted by Crippen LogP contribution is 2.33. The van der Waals surface area contributed by atoms with Gasteiger partial charge in [-0.15, -0.1) is 11.3 Å². The number of hydrogen-bond donors (Lipinski definition) is 0. The van der Waals surface area contributed by atoms with Crippen molar-refractivity contribution in [3.63, 3.8) is 0 Å². The molecule has 0 aliphatic carbocycles. The molecule has 7 heteroatoms. The lowest BCUT2D eigenvalue weighted by Gasteiger charge is -2.22. The number of rotatable bonds is 5. The average molecular weight is 399 g/mol. The Morgan fingerprint density at radius 2 is 2.11 bits per heavy atom. The summed E-state index contributed by atoms with van der Waals surface area (Å²) in [5.74, 6) is 1.14. The van der Waals surface area contributed by atoms with Gasteiger partial charge in [-0.3, -0.25) is 4.79 Å². The SMILES string of the molecule is Cc1nc(C)c(CC(=O)N2CCC[C@@H]2c2ncc(Cc3ccc(F)cc3)o2)s1. The number of hydrogen-bond acceptors (Lipinski definition) is 5. The second kappa shape index (κ2) is 7.83. The second-order valence-electron chi connectivity index (χ2n) is 7.13. The molecule has 0 saturated carbocycles. The Morgan fingerprint density at radius 1 is 1.32 bits per heavy atom. The van der Waals surface area contributed by atoms with Crippen LogP contribution in [-0.4, -0.2) is 27.3 Å². The van der Waals surface area contributed by atoms with Crippen LogP contribution >= 0.6 is 11.3 Å². The summed E-state index contributed by atoms with van der Waals surface area (Å²) < 4.78 is 19.0. The van der Waals surface area contributed by atoms with Crippen LogP contribution in [0.3, 0.4) is 0 Å². The van der Waals surface area contributed by atoms with Crippen LogP contribution < -0.4 is 0 Å². The van der Waals surface area contributed by atoms with Gasteiger partial charge in [0.15, 0.2) is 0 Å². The van der Waals surface area contributed by atoms with E-state index in [0.29, 0.717) is 18.7 Å². The number of nitrogens with zero attached hydrogens (tertiary/aromatic N) is 3. The predicted octanol–water partition coefficient (Wildman–Crippen LogP) is 4.38. The van der Waals surface area contributed by atoms with Crippen molar-refractivity contribution in [1.29, 1.82) is 0 Å². The van der Waals surface area contributed by atoms with E-state index in [4.69, 9.17) is 4.42 Å². The molecule has 1 atom stereocenters. The summed E-state index contributed by atoms with van der Waals surface area (Å²) in [4.78, 5) is 24.6. The maximum Gasteiger partial charge on any atom is 0.228 e. The molecule has 0 unspecified atom stereocenters. The van der Waals surface area contributed by atoms with Crippen molar-refractivity contribution >= 4 is 17.2 Å². The van der Waals surface area contributed by atoms with Crippen molar-refractivity contribution in [3.8, 4) is 0 Å². The third-order valence-corrected chi connectivity index (χ3v) is 6.11. The van der Waals surface area contributed by atoms with Crippen LogP contribution in [0.1, 0.15) is 51.7 Å². The molecule has 3 heterocycles. The lowest BCUT2D eigenvalue weighted by atomic mass is 10.1. The van der Waals surface area contributed by atoms with Crippen molar-refractivity contribution in [3.05, 3.63) is 69.1 Å². The van der Waals surface area contributed by atoms with Crippen LogP contribution in [0, 0.1) is 19.7 Å². The number of carbonyl (C=O) groups is 1. The number of oxazole rings is 1. The fourth-order valence-electron chi connectivity index (χ4n) is 3.66. The molecular weight excluding hydrogens is 377 g/mol. The first kappa shape index (κ1) is 18.8. The number of benzene rings is 1. The van der Waals surface area contributed by atoms with Gasteiger partial charge in [-0.1, -0.05) is 12.1 Å². The number of thiazole rings is 1. The average Bonchev–Trinajstić information content (AvgIpc) is 3.37. The van der Waals surface area contributed by atoms with Gasteiger partial charge in [-0.05, 0) is 44.4 Å². The molecule has 1 fully saturated rings. The summed E-state index contributed by atoms with van der Waals surface area (Å²) in [6.45, 7) is 4.62. The van der Waals surface area contributed by atoms with E-state index in [9.17, 15) is 9.18 Å². The molecule has 0 radical (unpaired) electrons. The summed E-state index contributed by atoms with van der Waals surface area (Å²) in [5, 5.41) is 0.983. The number of carbonyl (C=O) groups excluding carboxylic acids is 1. The number of amides is 1. The number of aromatic nitrogens is 2. The van der Waals surface area contributed by atoms with Gasteiger partial charge in [0, 0.05) is 17.8 Å². The molecule has 5 nitrogen and oxygen atoms in total. The molecular formula is C21H22FN3O2S. The molecule has 28 heavy (non-hydrogen) atoms. The van der Waals surface area contributed by atoms with E-state index in [0.717, 1.165) is 46.3 Å². The van der Waals surface area contributed by atoms with Crippen LogP contribution in [0.2, 0.25) is 0 Å². The topological polar surface area (TPSA) is 59.2 Å². The monoisotopic (exact) mass is 399 g/mol. The van der Waals surface area contributed by atoms with Crippen LogP contribution in [0.4, 0.5) is 4.39 Å². The highest BCUT2D eigenvalue weighted by Gasteiger charge is 2.33. The van der Waals surface area contributed by atoms with Gasteiger partial charge in [0.2, 0.25) is 11.8 Å². The first-order chi connectivity index (χ1) is 13.5. The Bertz CT molecular complexity index is 980. The van der Waals surface area contributed by atoms with Crippen LogP contribution in [0.5, 0.6) is 0 Å². The van der Waals surface area contributed by atoms with E-state index in [-0.39, 0.29) is 17.8 Å². The third-order valence-electron chi connectivity index (χ3n) is 5.03. The zero-order valence-electron chi connectivity index (χ0n) is 15.9. The maximum absolute atomic E-state index is 13.1. The van der Waals surface area contributed by atoms with Gasteiger partial charge >= 0.3 is 0 Å². The molecule has 3 aromatic rings. The Hall–Kier alpha value is -2.54. The summed E-state index contributed by atoms with van der Waals surface area (Å²) >= 11 is 1.58. The van der Waals surface area contributed by atoms with Gasteiger partial charge in [0.05, 0.1) is 23.3 Å². The fraction of sp³-hybridized carbons (Fsp3) is 0.381. The van der Waals surface area contributed by atoms with E-state index in [1.165, 1.54) is 12.1 Å². The number of likely N-dealkylation sites (tertiary alicyclic amines) is 1. The minimum absolute atomic E-state index is 0.0903. The summed E-state index contributed by atoms with van der Waals surface area (Å²) in [6.07, 6.45) is 4.41. The second-order valence-corrected chi connectivity index (χ2v) is 8.42. The van der Waals surface area contributed by atoms with E-state index < -0.39 is 0 Å². The number of aryl methyl sites for hydroxylation is 2. The maximum atomic E-state index is 13.1. The molecule has 1 amide bonds. The molecule has 4 rings (SSSR count). The van der Waals surface area contributed by atoms with Crippen LogP contribution in [0.25, 0.3) is 0 Å². The van der Waals surface area contributed by atoms with Crippen molar-refractivity contribution in [2.75, 3.05) is 6.54 Å². The molecule has 1 aliphatic rings. The molecule has 1 saturated heterocycles. The van der Waals surface area contributed by atoms with Gasteiger partial charge in [0.1, 0.15) is 17.6 Å². The Labute approximate surface area is 167 Å². The molecule has 2 aromatic heterocycles. The Morgan fingerprint density at radius 3 is 2.82 bits per heavy atom. The highest BCUT2D eigenvalue weighted by molar-refractivity contribution is 7.11. The van der Waals surface area contributed by atoms with Gasteiger partial charge in [0.25, 0.3) is 0 Å². The van der Waals surface area contributed by atoms with Gasteiger partial charge < -0.3 is 9.32 Å². The lowest BCUT2D eigenvalue weighted by molar-refractivity contribution is -0.131. The highest BCUT2D eigenvalue weighted by atomic mass is 32.1. The third kappa shape index (κ3) is 3.99. The van der Waals surface area contributed by atoms with Gasteiger partial charge in [-0.2, -0.15) is 0 Å². The molecule has 0 bridgehead atoms. The summed E-state index contributed by atoms with van der Waals surface area (Å²) in [7, 11) is 0. The zero-order chi connectivity index (χ0) is 19.7. The van der Waals surface area contributed by atoms with Crippen LogP contribution in [0.15, 0.2) is 34.9 Å². The van der Waals surface area contributed by atoms with Crippen molar-refractivity contribution < 1.29 is 13.6 Å². The largest absolute Gasteiger partial charge is 0.443 e. The van der Waals surface area contributed by atoms with E-state index >= 15 is 0 Å². The van der Waals surface area contributed by atoms with E-state index in [2.05, 4.69) is 9.97 Å². The molecule has 1 aliphatic heterocycles. The summed E-state index contributed by atoms with van der Waals surface area (Å²) in [5.41, 5.74) is 1.89. The Balaban J connectivity index is 1.46. The fourth-order valence-corrected chi connectivity index (χ4v) is 4.59. The van der Waals surface area contributed by atoms with Crippen molar-refractivity contribution in [2.45, 2.75) is 45.6 Å². The van der Waals surface area contributed by atoms with E-state index in [1.54, 1.807) is 29.7 Å². The number of halogens is 1. The molecule has 0 N–H and O–H groups in total. The Kier molecular flexibility index (Phi) is 5.26. The van der Waals surface area contributed by atoms with Crippen molar-refractivity contribution in [2.24, 2.45) is 0 Å². The van der Waals surface area contributed by atoms with Gasteiger partial charge in [-0.25, -0.2) is 14.4 Å². The molecule has 146 valence electrons. The first-order valence-electron chi connectivity index (χ1n) is 9.41. The lowest BCUT2D eigenvalue weighted by Crippen LogP contribution is -2.32. The van der Waals surface area contributed by atoms with E-state index in [1.807, 2.05) is 18.7 Å². The molecule has 0 spiro atoms. The molecule has 1 aromatic carbocycles. The quantitative estimate of drug-likeness (QED) is 0.639. The first-order valence-corrected chi connectivity index (χ1v) is 10.2. The van der Waals surface area contributed by atoms with Crippen molar-refractivity contribution in [1.82, 2.24) is 14.9 Å². The van der Waals surface area contributed by atoms with Crippen LogP contribution in [-0.2, 0) is 17.6 Å². The standard InChI is InChI=1S/C21H22FN3O2S/c1-13-19(28-14(2)24-13)11-20(26)25-9-3-4-18(25)21-23-12-17(27-21)10-15-5-7-16(22)8-6-15/h5-8,12,18H,3-4,9-11H2,1-2H3/t18-/m1/s1. The zero-order valence-corrected chi connectivity index (χ0v) is 16.8. The predicted molar refractivity (Wildman–Crippen MR) is 105 cm³/mol. The summed E-state index contributed by atoms with van der Waals surface area (Å²) in [6, 6.07) is 6.23. The normalized spacial score (nSPS) is 16.7. The minimum atomic E-state index is -0.256. The minimum Gasteiger partial charge on any atom is -0.443 e.